The van der Waals surface area contributed by atoms with E-state index in [0.29, 0.717) is 6.54 Å². The molecule has 0 aromatic carbocycles. The van der Waals surface area contributed by atoms with E-state index in [2.05, 4.69) is 29.4 Å². The predicted octanol–water partition coefficient (Wildman–Crippen LogP) is 1.44. The average Bonchev–Trinajstić information content (AvgIpc) is 2.90. The van der Waals surface area contributed by atoms with Gasteiger partial charge in [-0.1, -0.05) is 20.3 Å². The summed E-state index contributed by atoms with van der Waals surface area (Å²) in [6.45, 7) is 4.59. The van der Waals surface area contributed by atoms with E-state index in [4.69, 9.17) is 5.11 Å². The molecule has 0 aliphatic heterocycles. The number of hydrogen-bond donors (Lipinski definition) is 1. The Morgan fingerprint density at radius 1 is 1.59 bits per heavy atom. The number of nitrogens with zero attached hydrogens (tertiary/aromatic N) is 4. The largest absolute Gasteiger partial charge is 0.481 e. The van der Waals surface area contributed by atoms with Crippen LogP contribution in [0, 0.1) is 5.41 Å². The van der Waals surface area contributed by atoms with Gasteiger partial charge in [-0.2, -0.15) is 0 Å². The minimum atomic E-state index is -0.734. The Balaban J connectivity index is 2.12. The fourth-order valence-corrected chi connectivity index (χ4v) is 2.12. The molecule has 1 N–H and O–H groups in total. The summed E-state index contributed by atoms with van der Waals surface area (Å²) in [5.41, 5.74) is -0.615. The van der Waals surface area contributed by atoms with Crippen molar-refractivity contribution in [2.45, 2.75) is 52.0 Å². The van der Waals surface area contributed by atoms with E-state index in [1.807, 2.05) is 0 Å². The molecule has 0 saturated heterocycles. The van der Waals surface area contributed by atoms with Gasteiger partial charge in [0.15, 0.2) is 5.82 Å². The second kappa shape index (κ2) is 4.43. The van der Waals surface area contributed by atoms with Crippen molar-refractivity contribution in [3.63, 3.8) is 0 Å². The first-order valence-electron chi connectivity index (χ1n) is 6.08. The van der Waals surface area contributed by atoms with E-state index >= 15 is 0 Å². The number of carboxylic acids is 1. The molecule has 1 heterocycles. The maximum Gasteiger partial charge on any atom is 0.311 e. The summed E-state index contributed by atoms with van der Waals surface area (Å²) in [6, 6.07) is 0. The van der Waals surface area contributed by atoms with Crippen molar-refractivity contribution < 1.29 is 9.90 Å². The lowest BCUT2D eigenvalue weighted by atomic mass is 10.0. The van der Waals surface area contributed by atoms with E-state index in [1.54, 1.807) is 4.68 Å². The first kappa shape index (κ1) is 12.0. The highest BCUT2D eigenvalue weighted by Crippen LogP contribution is 2.47. The molecule has 1 fully saturated rings. The van der Waals surface area contributed by atoms with Crippen LogP contribution in [0.4, 0.5) is 0 Å². The lowest BCUT2D eigenvalue weighted by Crippen LogP contribution is -2.24. The minimum Gasteiger partial charge on any atom is -0.481 e. The molecule has 0 amide bonds. The molecule has 1 aliphatic carbocycles. The van der Waals surface area contributed by atoms with E-state index in [-0.39, 0.29) is 5.92 Å². The number of aromatic nitrogens is 4. The molecule has 94 valence electrons. The van der Waals surface area contributed by atoms with Crippen LogP contribution in [0.3, 0.4) is 0 Å². The zero-order valence-electron chi connectivity index (χ0n) is 10.3. The fraction of sp³-hybridized carbons (Fsp3) is 0.818. The summed E-state index contributed by atoms with van der Waals surface area (Å²) in [5, 5.41) is 20.8. The summed E-state index contributed by atoms with van der Waals surface area (Å²) in [7, 11) is 0. The molecule has 6 nitrogen and oxygen atoms in total. The Bertz CT molecular complexity index is 411. The molecule has 2 rings (SSSR count). The Kier molecular flexibility index (Phi) is 3.13. The lowest BCUT2D eigenvalue weighted by Gasteiger charge is -2.13. The summed E-state index contributed by atoms with van der Waals surface area (Å²) in [4.78, 5) is 11.1. The summed E-state index contributed by atoms with van der Waals surface area (Å²) in [6.07, 6.45) is 3.53. The van der Waals surface area contributed by atoms with Crippen molar-refractivity contribution >= 4 is 5.97 Å². The number of hydrogen-bond acceptors (Lipinski definition) is 4. The quantitative estimate of drug-likeness (QED) is 0.811. The molecule has 17 heavy (non-hydrogen) atoms. The van der Waals surface area contributed by atoms with E-state index in [1.165, 1.54) is 0 Å². The van der Waals surface area contributed by atoms with E-state index < -0.39 is 11.4 Å². The number of tetrazole rings is 1. The van der Waals surface area contributed by atoms with Gasteiger partial charge in [-0.15, -0.1) is 5.10 Å². The highest BCUT2D eigenvalue weighted by molar-refractivity contribution is 5.77. The third-order valence-corrected chi connectivity index (χ3v) is 3.48. The molecular weight excluding hydrogens is 220 g/mol. The van der Waals surface area contributed by atoms with Crippen molar-refractivity contribution in [1.82, 2.24) is 20.2 Å². The van der Waals surface area contributed by atoms with Crippen molar-refractivity contribution in [2.75, 3.05) is 0 Å². The Morgan fingerprint density at radius 2 is 2.29 bits per heavy atom. The normalized spacial score (nSPS) is 18.9. The van der Waals surface area contributed by atoms with Gasteiger partial charge in [-0.05, 0) is 29.7 Å². The van der Waals surface area contributed by atoms with Crippen LogP contribution in [0.1, 0.15) is 51.3 Å². The zero-order valence-corrected chi connectivity index (χ0v) is 10.3. The molecule has 1 aliphatic rings. The van der Waals surface area contributed by atoms with Crippen LogP contribution in [0.25, 0.3) is 0 Å². The molecule has 1 aromatic rings. The molecule has 1 unspecified atom stereocenters. The van der Waals surface area contributed by atoms with Crippen LogP contribution < -0.4 is 0 Å². The maximum absolute atomic E-state index is 11.1. The van der Waals surface area contributed by atoms with Crippen LogP contribution in [-0.2, 0) is 11.3 Å². The summed E-state index contributed by atoms with van der Waals surface area (Å²) >= 11 is 0. The van der Waals surface area contributed by atoms with E-state index in [9.17, 15) is 4.79 Å². The van der Waals surface area contributed by atoms with Crippen LogP contribution in [-0.4, -0.2) is 31.3 Å². The fourth-order valence-electron chi connectivity index (χ4n) is 2.12. The molecular formula is C11H18N4O2. The van der Waals surface area contributed by atoms with Crippen molar-refractivity contribution in [2.24, 2.45) is 5.41 Å². The van der Waals surface area contributed by atoms with Gasteiger partial charge in [-0.25, -0.2) is 4.68 Å². The highest BCUT2D eigenvalue weighted by atomic mass is 16.4. The van der Waals surface area contributed by atoms with Crippen LogP contribution in [0.2, 0.25) is 0 Å². The predicted molar refractivity (Wildman–Crippen MR) is 60.4 cm³/mol. The molecule has 1 saturated carbocycles. The Labute approximate surface area is 100 Å². The van der Waals surface area contributed by atoms with Gasteiger partial charge in [0.25, 0.3) is 0 Å². The second-order valence-corrected chi connectivity index (χ2v) is 4.97. The van der Waals surface area contributed by atoms with Crippen molar-refractivity contribution in [3.8, 4) is 0 Å². The van der Waals surface area contributed by atoms with Crippen LogP contribution in [0.5, 0.6) is 0 Å². The van der Waals surface area contributed by atoms with Gasteiger partial charge in [0.2, 0.25) is 0 Å². The summed E-state index contributed by atoms with van der Waals surface area (Å²) < 4.78 is 1.67. The molecule has 6 heteroatoms. The van der Waals surface area contributed by atoms with Crippen molar-refractivity contribution in [1.29, 1.82) is 0 Å². The second-order valence-electron chi connectivity index (χ2n) is 4.97. The third-order valence-electron chi connectivity index (χ3n) is 3.48. The number of carboxylic acid groups (broad SMARTS) is 1. The topological polar surface area (TPSA) is 80.9 Å². The maximum atomic E-state index is 11.1. The minimum absolute atomic E-state index is 0.277. The van der Waals surface area contributed by atoms with Crippen molar-refractivity contribution in [3.05, 3.63) is 5.82 Å². The average molecular weight is 238 g/mol. The van der Waals surface area contributed by atoms with Gasteiger partial charge < -0.3 is 5.11 Å². The molecule has 0 radical (unpaired) electrons. The van der Waals surface area contributed by atoms with Gasteiger partial charge in [0, 0.05) is 5.92 Å². The van der Waals surface area contributed by atoms with Crippen LogP contribution in [0.15, 0.2) is 0 Å². The van der Waals surface area contributed by atoms with Gasteiger partial charge in [0.05, 0.1) is 12.0 Å². The standard InChI is InChI=1S/C11H18N4O2/c1-3-4-8(2)9-12-13-14-15(9)7-11(5-6-11)10(16)17/h8H,3-7H2,1-2H3,(H,16,17). The Morgan fingerprint density at radius 3 is 2.82 bits per heavy atom. The first-order chi connectivity index (χ1) is 8.09. The number of carbonyl (C=O) groups is 1. The molecule has 1 aromatic heterocycles. The van der Waals surface area contributed by atoms with Gasteiger partial charge >= 0.3 is 5.97 Å². The smallest absolute Gasteiger partial charge is 0.311 e. The summed E-state index contributed by atoms with van der Waals surface area (Å²) in [5.74, 6) is 0.348. The molecule has 0 spiro atoms. The van der Waals surface area contributed by atoms with Gasteiger partial charge in [-0.3, -0.25) is 4.79 Å². The third kappa shape index (κ3) is 2.30. The molecule has 1 atom stereocenters. The SMILES string of the molecule is CCCC(C)c1nnnn1CC1(C(=O)O)CC1. The zero-order chi connectivity index (χ0) is 12.5. The number of rotatable bonds is 6. The van der Waals surface area contributed by atoms with E-state index in [0.717, 1.165) is 31.5 Å². The molecule has 0 bridgehead atoms. The first-order valence-corrected chi connectivity index (χ1v) is 6.08. The Hall–Kier alpha value is -1.46. The monoisotopic (exact) mass is 238 g/mol. The van der Waals surface area contributed by atoms with Gasteiger partial charge in [0.1, 0.15) is 0 Å². The highest BCUT2D eigenvalue weighted by Gasteiger charge is 2.51. The number of aliphatic carboxylic acids is 1. The lowest BCUT2D eigenvalue weighted by molar-refractivity contribution is -0.144. The van der Waals surface area contributed by atoms with Crippen LogP contribution >= 0.6 is 0 Å².